The minimum atomic E-state index is -0.329. The van der Waals surface area contributed by atoms with Gasteiger partial charge in [0.15, 0.2) is 17.6 Å². The topological polar surface area (TPSA) is 79.9 Å². The number of amides is 3. The molecule has 2 aromatic carbocycles. The third-order valence-electron chi connectivity index (χ3n) is 4.89. The normalized spacial score (nSPS) is 18.1. The molecule has 2 aromatic rings. The number of rotatable bonds is 4. The Kier molecular flexibility index (Phi) is 5.06. The van der Waals surface area contributed by atoms with E-state index in [0.29, 0.717) is 36.8 Å². The zero-order chi connectivity index (χ0) is 19.5. The third-order valence-corrected chi connectivity index (χ3v) is 4.89. The van der Waals surface area contributed by atoms with E-state index in [1.54, 1.807) is 4.90 Å². The van der Waals surface area contributed by atoms with Gasteiger partial charge in [0.25, 0.3) is 0 Å². The fourth-order valence-corrected chi connectivity index (χ4v) is 3.43. The Morgan fingerprint density at radius 2 is 2.04 bits per heavy atom. The minimum absolute atomic E-state index is 0.124. The van der Waals surface area contributed by atoms with Gasteiger partial charge in [0, 0.05) is 24.3 Å². The summed E-state index contributed by atoms with van der Waals surface area (Å²) >= 11 is 0. The third kappa shape index (κ3) is 3.88. The highest BCUT2D eigenvalue weighted by Crippen LogP contribution is 2.31. The van der Waals surface area contributed by atoms with Crippen molar-refractivity contribution in [1.29, 1.82) is 0 Å². The lowest BCUT2D eigenvalue weighted by Gasteiger charge is -2.26. The molecular formula is C21H23N3O4. The van der Waals surface area contributed by atoms with Gasteiger partial charge in [-0.2, -0.15) is 0 Å². The first-order chi connectivity index (χ1) is 13.6. The summed E-state index contributed by atoms with van der Waals surface area (Å²) < 4.78 is 11.5. The molecule has 7 nitrogen and oxygen atoms in total. The van der Waals surface area contributed by atoms with Gasteiger partial charge in [-0.15, -0.1) is 0 Å². The number of benzene rings is 2. The lowest BCUT2D eigenvalue weighted by atomic mass is 10.1. The molecule has 1 fully saturated rings. The van der Waals surface area contributed by atoms with Crippen LogP contribution in [0.15, 0.2) is 42.5 Å². The lowest BCUT2D eigenvalue weighted by molar-refractivity contribution is -0.117. The van der Waals surface area contributed by atoms with Gasteiger partial charge in [0.2, 0.25) is 5.91 Å². The molecule has 1 saturated heterocycles. The van der Waals surface area contributed by atoms with E-state index in [0.717, 1.165) is 24.2 Å². The Labute approximate surface area is 163 Å². The van der Waals surface area contributed by atoms with E-state index in [-0.39, 0.29) is 18.0 Å². The molecule has 2 N–H and O–H groups in total. The van der Waals surface area contributed by atoms with E-state index < -0.39 is 0 Å². The van der Waals surface area contributed by atoms with Gasteiger partial charge in [0.05, 0.1) is 6.54 Å². The number of carbonyl (C=O) groups is 2. The van der Waals surface area contributed by atoms with Crippen LogP contribution in [-0.4, -0.2) is 37.7 Å². The number of hydrogen-bond donors (Lipinski definition) is 2. The first kappa shape index (κ1) is 18.2. The zero-order valence-corrected chi connectivity index (χ0v) is 15.7. The molecule has 0 bridgehead atoms. The highest BCUT2D eigenvalue weighted by Gasteiger charge is 2.24. The Bertz CT molecular complexity index is 899. The molecule has 146 valence electrons. The van der Waals surface area contributed by atoms with E-state index in [1.807, 2.05) is 49.4 Å². The predicted molar refractivity (Wildman–Crippen MR) is 106 cm³/mol. The van der Waals surface area contributed by atoms with Crippen molar-refractivity contribution in [3.05, 3.63) is 48.0 Å². The number of carbonyl (C=O) groups excluding carboxylic acids is 2. The molecule has 0 aliphatic carbocycles. The van der Waals surface area contributed by atoms with Crippen LogP contribution in [0.25, 0.3) is 0 Å². The number of anilines is 2. The van der Waals surface area contributed by atoms with Gasteiger partial charge in [-0.25, -0.2) is 4.79 Å². The van der Waals surface area contributed by atoms with Crippen LogP contribution in [0, 0.1) is 6.92 Å². The summed E-state index contributed by atoms with van der Waals surface area (Å²) in [6, 6.07) is 12.7. The maximum absolute atomic E-state index is 12.3. The summed E-state index contributed by atoms with van der Waals surface area (Å²) in [7, 11) is 0. The number of ether oxygens (including phenoxy) is 2. The van der Waals surface area contributed by atoms with Crippen LogP contribution >= 0.6 is 0 Å². The summed E-state index contributed by atoms with van der Waals surface area (Å²) in [6.45, 7) is 3.38. The Balaban J connectivity index is 1.34. The van der Waals surface area contributed by atoms with Gasteiger partial charge in [-0.05, 0) is 43.2 Å². The van der Waals surface area contributed by atoms with Crippen molar-refractivity contribution in [1.82, 2.24) is 5.32 Å². The molecule has 1 atom stereocenters. The first-order valence-electron chi connectivity index (χ1n) is 9.44. The highest BCUT2D eigenvalue weighted by atomic mass is 16.6. The standard InChI is InChI=1S/C21H23N3O4/c1-14-8-9-15(11-17(14)24-10-4-7-20(24)25)23-21(26)22-12-16-13-27-18-5-2-3-6-19(18)28-16/h2-3,5-6,8-9,11,16H,4,7,10,12-13H2,1H3,(H2,22,23,26)/t16-/m0/s1. The van der Waals surface area contributed by atoms with Crippen LogP contribution < -0.4 is 25.0 Å². The Morgan fingerprint density at radius 3 is 2.82 bits per heavy atom. The monoisotopic (exact) mass is 381 g/mol. The van der Waals surface area contributed by atoms with Crippen molar-refractivity contribution in [2.45, 2.75) is 25.9 Å². The number of urea groups is 1. The van der Waals surface area contributed by atoms with Gasteiger partial charge >= 0.3 is 6.03 Å². The number of hydrogen-bond acceptors (Lipinski definition) is 4. The van der Waals surface area contributed by atoms with Crippen LogP contribution in [0.4, 0.5) is 16.2 Å². The number of fused-ring (bicyclic) bond motifs is 1. The number of nitrogens with zero attached hydrogens (tertiary/aromatic N) is 1. The predicted octanol–water partition coefficient (Wildman–Crippen LogP) is 3.08. The lowest BCUT2D eigenvalue weighted by Crippen LogP contribution is -2.42. The van der Waals surface area contributed by atoms with Crippen LogP contribution in [0.3, 0.4) is 0 Å². The molecular weight excluding hydrogens is 358 g/mol. The molecule has 2 aliphatic rings. The largest absolute Gasteiger partial charge is 0.486 e. The van der Waals surface area contributed by atoms with Crippen LogP contribution in [0.2, 0.25) is 0 Å². The van der Waals surface area contributed by atoms with Gasteiger partial charge < -0.3 is 25.0 Å². The Morgan fingerprint density at radius 1 is 1.21 bits per heavy atom. The molecule has 2 heterocycles. The fourth-order valence-electron chi connectivity index (χ4n) is 3.43. The van der Waals surface area contributed by atoms with Crippen molar-refractivity contribution >= 4 is 23.3 Å². The van der Waals surface area contributed by atoms with Crippen molar-refractivity contribution in [3.63, 3.8) is 0 Å². The number of nitrogens with one attached hydrogen (secondary N) is 2. The summed E-state index contributed by atoms with van der Waals surface area (Å²) in [6.07, 6.45) is 1.18. The smallest absolute Gasteiger partial charge is 0.319 e. The average molecular weight is 381 g/mol. The molecule has 0 radical (unpaired) electrons. The van der Waals surface area contributed by atoms with Crippen molar-refractivity contribution in [2.24, 2.45) is 0 Å². The molecule has 0 spiro atoms. The molecule has 0 unspecified atom stereocenters. The van der Waals surface area contributed by atoms with Crippen LogP contribution in [0.5, 0.6) is 11.5 Å². The zero-order valence-electron chi connectivity index (χ0n) is 15.7. The summed E-state index contributed by atoms with van der Waals surface area (Å²) in [5.74, 6) is 1.52. The second-order valence-electron chi connectivity index (χ2n) is 6.98. The molecule has 28 heavy (non-hydrogen) atoms. The second kappa shape index (κ2) is 7.80. The van der Waals surface area contributed by atoms with Crippen molar-refractivity contribution in [2.75, 3.05) is 29.9 Å². The average Bonchev–Trinajstić information content (AvgIpc) is 3.13. The summed E-state index contributed by atoms with van der Waals surface area (Å²) in [5.41, 5.74) is 2.50. The fraction of sp³-hybridized carbons (Fsp3) is 0.333. The van der Waals surface area contributed by atoms with E-state index >= 15 is 0 Å². The van der Waals surface area contributed by atoms with Crippen molar-refractivity contribution in [3.8, 4) is 11.5 Å². The van der Waals surface area contributed by atoms with Gasteiger partial charge in [-0.3, -0.25) is 4.79 Å². The van der Waals surface area contributed by atoms with E-state index in [1.165, 1.54) is 0 Å². The van der Waals surface area contributed by atoms with Crippen LogP contribution in [0.1, 0.15) is 18.4 Å². The van der Waals surface area contributed by atoms with E-state index in [4.69, 9.17) is 9.47 Å². The molecule has 0 aromatic heterocycles. The molecule has 0 saturated carbocycles. The highest BCUT2D eigenvalue weighted by molar-refractivity contribution is 5.97. The SMILES string of the molecule is Cc1ccc(NC(=O)NC[C@H]2COc3ccccc3O2)cc1N1CCCC1=O. The van der Waals surface area contributed by atoms with Gasteiger partial charge in [0.1, 0.15) is 6.61 Å². The van der Waals surface area contributed by atoms with Crippen LogP contribution in [-0.2, 0) is 4.79 Å². The first-order valence-corrected chi connectivity index (χ1v) is 9.44. The molecule has 3 amide bonds. The number of para-hydroxylation sites is 2. The summed E-state index contributed by atoms with van der Waals surface area (Å²) in [4.78, 5) is 26.1. The molecule has 7 heteroatoms. The van der Waals surface area contributed by atoms with Crippen molar-refractivity contribution < 1.29 is 19.1 Å². The molecule has 2 aliphatic heterocycles. The number of aryl methyl sites for hydroxylation is 1. The Hall–Kier alpha value is -3.22. The second-order valence-corrected chi connectivity index (χ2v) is 6.98. The van der Waals surface area contributed by atoms with Gasteiger partial charge in [-0.1, -0.05) is 18.2 Å². The van der Waals surface area contributed by atoms with E-state index in [2.05, 4.69) is 10.6 Å². The molecule has 4 rings (SSSR count). The minimum Gasteiger partial charge on any atom is -0.486 e. The quantitative estimate of drug-likeness (QED) is 0.853. The maximum Gasteiger partial charge on any atom is 0.319 e. The van der Waals surface area contributed by atoms with E-state index in [9.17, 15) is 9.59 Å². The maximum atomic E-state index is 12.3. The summed E-state index contributed by atoms with van der Waals surface area (Å²) in [5, 5.41) is 5.63.